The van der Waals surface area contributed by atoms with Gasteiger partial charge in [-0.1, -0.05) is 32.0 Å². The van der Waals surface area contributed by atoms with Crippen LogP contribution in [0.25, 0.3) is 0 Å². The molecule has 1 atom stereocenters. The first-order chi connectivity index (χ1) is 14.5. The second kappa shape index (κ2) is 13.5. The maximum Gasteiger partial charge on any atom is 0.191 e. The summed E-state index contributed by atoms with van der Waals surface area (Å²) in [5.41, 5.74) is 1.10. The molecular formula is C23H41N5O2. The number of ether oxygens (including phenoxy) is 2. The zero-order valence-corrected chi connectivity index (χ0v) is 19.5. The van der Waals surface area contributed by atoms with Crippen LogP contribution in [0.4, 0.5) is 0 Å². The molecule has 170 valence electrons. The lowest BCUT2D eigenvalue weighted by Crippen LogP contribution is -2.52. The van der Waals surface area contributed by atoms with Crippen molar-refractivity contribution in [2.45, 2.75) is 33.4 Å². The van der Waals surface area contributed by atoms with E-state index in [2.05, 4.69) is 61.4 Å². The maximum absolute atomic E-state index is 5.98. The van der Waals surface area contributed by atoms with E-state index in [1.807, 2.05) is 18.2 Å². The highest BCUT2D eigenvalue weighted by atomic mass is 16.5. The standard InChI is InChI=1S/C23H41N5O2/c1-6-24-23(26-18-21(19(2)3)28-12-14-29-15-13-28)25-17-20-9-7-8-10-22(20)30-16-11-27(4)5/h7-10,19,21H,6,11-18H2,1-5H3,(H2,24,25,26). The third kappa shape index (κ3) is 8.50. The molecule has 0 bridgehead atoms. The summed E-state index contributed by atoms with van der Waals surface area (Å²) in [7, 11) is 4.10. The van der Waals surface area contributed by atoms with Gasteiger partial charge in [0.1, 0.15) is 12.4 Å². The molecule has 1 aliphatic heterocycles. The lowest BCUT2D eigenvalue weighted by Gasteiger charge is -2.37. The highest BCUT2D eigenvalue weighted by Gasteiger charge is 2.23. The molecule has 0 saturated carbocycles. The summed E-state index contributed by atoms with van der Waals surface area (Å²) in [4.78, 5) is 9.47. The van der Waals surface area contributed by atoms with Gasteiger partial charge in [-0.15, -0.1) is 0 Å². The molecule has 1 fully saturated rings. The molecule has 0 aromatic heterocycles. The Morgan fingerprint density at radius 2 is 1.93 bits per heavy atom. The van der Waals surface area contributed by atoms with Gasteiger partial charge in [0.15, 0.2) is 5.96 Å². The van der Waals surface area contributed by atoms with Gasteiger partial charge >= 0.3 is 0 Å². The topological polar surface area (TPSA) is 61.4 Å². The van der Waals surface area contributed by atoms with E-state index >= 15 is 0 Å². The van der Waals surface area contributed by atoms with E-state index in [0.29, 0.717) is 25.1 Å². The van der Waals surface area contributed by atoms with Crippen molar-refractivity contribution in [1.29, 1.82) is 0 Å². The largest absolute Gasteiger partial charge is 0.492 e. The lowest BCUT2D eigenvalue weighted by atomic mass is 10.0. The number of rotatable bonds is 11. The average molecular weight is 420 g/mol. The van der Waals surface area contributed by atoms with E-state index in [-0.39, 0.29) is 0 Å². The number of hydrogen-bond acceptors (Lipinski definition) is 5. The first-order valence-corrected chi connectivity index (χ1v) is 11.2. The molecule has 30 heavy (non-hydrogen) atoms. The monoisotopic (exact) mass is 419 g/mol. The van der Waals surface area contributed by atoms with Gasteiger partial charge in [-0.05, 0) is 33.0 Å². The maximum atomic E-state index is 5.98. The molecule has 1 heterocycles. The Morgan fingerprint density at radius 3 is 2.60 bits per heavy atom. The normalized spacial score (nSPS) is 16.7. The zero-order chi connectivity index (χ0) is 21.8. The lowest BCUT2D eigenvalue weighted by molar-refractivity contribution is 0.00752. The van der Waals surface area contributed by atoms with E-state index in [1.165, 1.54) is 0 Å². The van der Waals surface area contributed by atoms with Crippen molar-refractivity contribution in [1.82, 2.24) is 20.4 Å². The molecule has 1 unspecified atom stereocenters. The van der Waals surface area contributed by atoms with Crippen LogP contribution >= 0.6 is 0 Å². The molecule has 1 aromatic rings. The summed E-state index contributed by atoms with van der Waals surface area (Å²) in [6, 6.07) is 8.62. The summed E-state index contributed by atoms with van der Waals surface area (Å²) in [5.74, 6) is 2.32. The third-order valence-electron chi connectivity index (χ3n) is 5.28. The van der Waals surface area contributed by atoms with Crippen molar-refractivity contribution < 1.29 is 9.47 Å². The third-order valence-corrected chi connectivity index (χ3v) is 5.28. The van der Waals surface area contributed by atoms with Gasteiger partial charge in [0.25, 0.3) is 0 Å². The van der Waals surface area contributed by atoms with E-state index in [9.17, 15) is 0 Å². The fourth-order valence-electron chi connectivity index (χ4n) is 3.52. The van der Waals surface area contributed by atoms with Gasteiger partial charge in [-0.3, -0.25) is 4.90 Å². The van der Waals surface area contributed by atoms with Gasteiger partial charge in [0.05, 0.1) is 19.8 Å². The second-order valence-electron chi connectivity index (χ2n) is 8.30. The number of nitrogens with one attached hydrogen (secondary N) is 2. The van der Waals surface area contributed by atoms with Crippen molar-refractivity contribution in [3.63, 3.8) is 0 Å². The fraction of sp³-hybridized carbons (Fsp3) is 0.696. The van der Waals surface area contributed by atoms with Crippen LogP contribution < -0.4 is 15.4 Å². The van der Waals surface area contributed by atoms with Crippen LogP contribution in [-0.4, -0.2) is 88.4 Å². The van der Waals surface area contributed by atoms with Crippen LogP contribution in [0.1, 0.15) is 26.3 Å². The first-order valence-electron chi connectivity index (χ1n) is 11.2. The number of benzene rings is 1. The number of aliphatic imine (C=N–C) groups is 1. The van der Waals surface area contributed by atoms with E-state index in [0.717, 1.165) is 63.2 Å². The Hall–Kier alpha value is -1.83. The summed E-state index contributed by atoms with van der Waals surface area (Å²) in [6.07, 6.45) is 0. The summed E-state index contributed by atoms with van der Waals surface area (Å²) < 4.78 is 11.5. The minimum absolute atomic E-state index is 0.458. The van der Waals surface area contributed by atoms with Crippen LogP contribution in [0, 0.1) is 5.92 Å². The number of guanidine groups is 1. The highest BCUT2D eigenvalue weighted by Crippen LogP contribution is 2.19. The van der Waals surface area contributed by atoms with Crippen LogP contribution in [-0.2, 0) is 11.3 Å². The molecule has 1 saturated heterocycles. The summed E-state index contributed by atoms with van der Waals surface area (Å²) >= 11 is 0. The second-order valence-corrected chi connectivity index (χ2v) is 8.30. The predicted octanol–water partition coefficient (Wildman–Crippen LogP) is 2.04. The molecule has 0 amide bonds. The van der Waals surface area contributed by atoms with E-state index in [4.69, 9.17) is 14.5 Å². The highest BCUT2D eigenvalue weighted by molar-refractivity contribution is 5.79. The van der Waals surface area contributed by atoms with Gasteiger partial charge in [0.2, 0.25) is 0 Å². The molecule has 0 aliphatic carbocycles. The smallest absolute Gasteiger partial charge is 0.191 e. The molecule has 1 aliphatic rings. The van der Waals surface area contributed by atoms with Crippen LogP contribution in [0.5, 0.6) is 5.75 Å². The Kier molecular flexibility index (Phi) is 11.0. The van der Waals surface area contributed by atoms with Crippen LogP contribution in [0.15, 0.2) is 29.3 Å². The number of morpholine rings is 1. The van der Waals surface area contributed by atoms with Gasteiger partial charge in [0, 0.05) is 44.3 Å². The Balaban J connectivity index is 1.98. The average Bonchev–Trinajstić information content (AvgIpc) is 2.73. The van der Waals surface area contributed by atoms with Crippen molar-refractivity contribution in [2.75, 3.05) is 66.6 Å². The molecule has 7 heteroatoms. The van der Waals surface area contributed by atoms with Crippen molar-refractivity contribution in [3.8, 4) is 5.75 Å². The molecule has 0 spiro atoms. The molecule has 2 N–H and O–H groups in total. The zero-order valence-electron chi connectivity index (χ0n) is 19.5. The van der Waals surface area contributed by atoms with Crippen molar-refractivity contribution >= 4 is 5.96 Å². The van der Waals surface area contributed by atoms with E-state index in [1.54, 1.807) is 0 Å². The number of likely N-dealkylation sites (N-methyl/N-ethyl adjacent to an activating group) is 1. The molecule has 0 radical (unpaired) electrons. The number of hydrogen-bond donors (Lipinski definition) is 2. The molecular weight excluding hydrogens is 378 g/mol. The quantitative estimate of drug-likeness (QED) is 0.423. The Bertz CT molecular complexity index is 630. The Labute approximate surface area is 182 Å². The van der Waals surface area contributed by atoms with Crippen LogP contribution in [0.3, 0.4) is 0 Å². The summed E-state index contributed by atoms with van der Waals surface area (Å²) in [5, 5.41) is 6.93. The molecule has 1 aromatic carbocycles. The van der Waals surface area contributed by atoms with Crippen molar-refractivity contribution in [2.24, 2.45) is 10.9 Å². The summed E-state index contributed by atoms with van der Waals surface area (Å²) in [6.45, 7) is 14.1. The first kappa shape index (κ1) is 24.4. The molecule has 7 nitrogen and oxygen atoms in total. The fourth-order valence-corrected chi connectivity index (χ4v) is 3.52. The SMILES string of the molecule is CCNC(=NCc1ccccc1OCCN(C)C)NCC(C(C)C)N1CCOCC1. The minimum Gasteiger partial charge on any atom is -0.492 e. The number of para-hydroxylation sites is 1. The van der Waals surface area contributed by atoms with Crippen molar-refractivity contribution in [3.05, 3.63) is 29.8 Å². The van der Waals surface area contributed by atoms with E-state index < -0.39 is 0 Å². The Morgan fingerprint density at radius 1 is 1.20 bits per heavy atom. The van der Waals surface area contributed by atoms with Gasteiger partial charge in [-0.25, -0.2) is 4.99 Å². The van der Waals surface area contributed by atoms with Gasteiger partial charge < -0.3 is 25.0 Å². The minimum atomic E-state index is 0.458. The van der Waals surface area contributed by atoms with Crippen LogP contribution in [0.2, 0.25) is 0 Å². The number of nitrogens with zero attached hydrogens (tertiary/aromatic N) is 3. The molecule has 2 rings (SSSR count). The predicted molar refractivity (Wildman–Crippen MR) is 124 cm³/mol. The van der Waals surface area contributed by atoms with Gasteiger partial charge in [-0.2, -0.15) is 0 Å².